The fourth-order valence-corrected chi connectivity index (χ4v) is 6.56. The lowest BCUT2D eigenvalue weighted by molar-refractivity contribution is -0.174. The van der Waals surface area contributed by atoms with Gasteiger partial charge < -0.3 is 23.4 Å². The van der Waals surface area contributed by atoms with Crippen LogP contribution in [0.1, 0.15) is 75.9 Å². The first-order chi connectivity index (χ1) is 21.5. The van der Waals surface area contributed by atoms with Crippen LogP contribution in [0.25, 0.3) is 0 Å². The maximum Gasteiger partial charge on any atom is 0.411 e. The molecule has 1 aliphatic rings. The van der Waals surface area contributed by atoms with Gasteiger partial charge in [0, 0.05) is 17.5 Å². The normalized spacial score (nSPS) is 18.9. The highest BCUT2D eigenvalue weighted by molar-refractivity contribution is 6.74. The zero-order valence-electron chi connectivity index (χ0n) is 29.1. The lowest BCUT2D eigenvalue weighted by Crippen LogP contribution is -2.56. The summed E-state index contributed by atoms with van der Waals surface area (Å²) in [4.78, 5) is 29.9. The van der Waals surface area contributed by atoms with Crippen molar-refractivity contribution in [3.05, 3.63) is 89.0 Å². The van der Waals surface area contributed by atoms with Crippen LogP contribution < -0.4 is 13.9 Å². The third-order valence-electron chi connectivity index (χ3n) is 8.81. The van der Waals surface area contributed by atoms with Crippen molar-refractivity contribution in [1.29, 1.82) is 0 Å². The molecule has 3 atom stereocenters. The molecule has 9 heteroatoms. The van der Waals surface area contributed by atoms with E-state index in [0.29, 0.717) is 22.8 Å². The zero-order chi connectivity index (χ0) is 34.0. The van der Waals surface area contributed by atoms with Gasteiger partial charge in [0.05, 0.1) is 14.2 Å². The number of cyclic esters (lactones) is 1. The van der Waals surface area contributed by atoms with Gasteiger partial charge >= 0.3 is 12.1 Å². The van der Waals surface area contributed by atoms with E-state index < -0.39 is 44.2 Å². The Hall–Kier alpha value is -3.98. The van der Waals surface area contributed by atoms with E-state index in [1.807, 2.05) is 94.4 Å². The molecule has 0 saturated carbocycles. The molecular weight excluding hydrogens is 598 g/mol. The Balaban J connectivity index is 1.90. The van der Waals surface area contributed by atoms with E-state index in [2.05, 4.69) is 33.9 Å². The summed E-state index contributed by atoms with van der Waals surface area (Å²) in [6, 6.07) is 19.3. The summed E-state index contributed by atoms with van der Waals surface area (Å²) in [6.07, 6.45) is -1.26. The number of nitrogens with zero attached hydrogens (tertiary/aromatic N) is 1. The molecule has 1 aliphatic heterocycles. The standard InChI is InChI=1S/C37H49NO7Si/c1-24-31(41-8)27(23-29(32(24)42-9)45-46(10,11)37(5,6)7)22-28-34(39)43-33(26-20-16-13-17-21-26)30(25-18-14-12-15-19-25)38(28)35(40)44-36(2,3)4/h12-21,23,28,30,33H,22H2,1-11H3/t28-,30-,33+/m0/s1. The van der Waals surface area contributed by atoms with Gasteiger partial charge in [0.25, 0.3) is 8.32 Å². The van der Waals surface area contributed by atoms with Gasteiger partial charge in [0.1, 0.15) is 29.2 Å². The van der Waals surface area contributed by atoms with Gasteiger partial charge in [-0.1, -0.05) is 81.4 Å². The molecule has 1 amide bonds. The molecule has 248 valence electrons. The molecule has 46 heavy (non-hydrogen) atoms. The van der Waals surface area contributed by atoms with Gasteiger partial charge in [-0.3, -0.25) is 4.90 Å². The summed E-state index contributed by atoms with van der Waals surface area (Å²) < 4.78 is 30.8. The Kier molecular flexibility index (Phi) is 10.2. The van der Waals surface area contributed by atoms with Crippen LogP contribution in [0.5, 0.6) is 17.2 Å². The number of esters is 1. The Bertz CT molecular complexity index is 1530. The molecular formula is C37H49NO7Si. The topological polar surface area (TPSA) is 83.5 Å². The fraction of sp³-hybridized carbons (Fsp3) is 0.459. The van der Waals surface area contributed by atoms with Crippen LogP contribution in [0.4, 0.5) is 4.79 Å². The molecule has 3 aromatic carbocycles. The smallest absolute Gasteiger partial charge is 0.411 e. The molecule has 1 saturated heterocycles. The molecule has 0 spiro atoms. The van der Waals surface area contributed by atoms with Gasteiger partial charge in [-0.05, 0) is 63.0 Å². The fourth-order valence-electron chi connectivity index (χ4n) is 5.56. The third-order valence-corrected chi connectivity index (χ3v) is 13.1. The summed E-state index contributed by atoms with van der Waals surface area (Å²) in [7, 11) is 0.905. The minimum Gasteiger partial charge on any atom is -0.541 e. The second kappa shape index (κ2) is 13.4. The molecule has 0 bridgehead atoms. The average molecular weight is 648 g/mol. The van der Waals surface area contributed by atoms with Crippen LogP contribution in [0, 0.1) is 6.92 Å². The summed E-state index contributed by atoms with van der Waals surface area (Å²) in [5, 5.41) is -0.0674. The van der Waals surface area contributed by atoms with E-state index in [4.69, 9.17) is 23.4 Å². The number of hydrogen-bond donors (Lipinski definition) is 0. The number of rotatable bonds is 8. The number of carbonyl (C=O) groups is 2. The lowest BCUT2D eigenvalue weighted by Gasteiger charge is -2.45. The van der Waals surface area contributed by atoms with E-state index in [-0.39, 0.29) is 11.5 Å². The summed E-state index contributed by atoms with van der Waals surface area (Å²) >= 11 is 0. The van der Waals surface area contributed by atoms with Crippen molar-refractivity contribution in [3.63, 3.8) is 0 Å². The lowest BCUT2D eigenvalue weighted by atomic mass is 9.89. The van der Waals surface area contributed by atoms with Crippen molar-refractivity contribution in [3.8, 4) is 17.2 Å². The predicted molar refractivity (Wildman–Crippen MR) is 182 cm³/mol. The highest BCUT2D eigenvalue weighted by Gasteiger charge is 2.49. The summed E-state index contributed by atoms with van der Waals surface area (Å²) in [6.45, 7) is 18.2. The van der Waals surface area contributed by atoms with Crippen LogP contribution in [0.3, 0.4) is 0 Å². The van der Waals surface area contributed by atoms with Crippen LogP contribution in [0.2, 0.25) is 18.1 Å². The number of morpholine rings is 1. The minimum absolute atomic E-state index is 0.0674. The van der Waals surface area contributed by atoms with Crippen LogP contribution in [-0.2, 0) is 20.7 Å². The monoisotopic (exact) mass is 647 g/mol. The quantitative estimate of drug-likeness (QED) is 0.179. The Labute approximate surface area is 275 Å². The zero-order valence-corrected chi connectivity index (χ0v) is 30.1. The second-order valence-corrected chi connectivity index (χ2v) is 19.0. The number of amides is 1. The van der Waals surface area contributed by atoms with E-state index in [0.717, 1.165) is 16.7 Å². The highest BCUT2D eigenvalue weighted by atomic mass is 28.4. The SMILES string of the molecule is COc1c(C[C@H]2C(=O)O[C@H](c3ccccc3)[C@H](c3ccccc3)N2C(=O)OC(C)(C)C)cc(O[Si](C)(C)C(C)(C)C)c(OC)c1C. The van der Waals surface area contributed by atoms with Gasteiger partial charge in [-0.2, -0.15) is 0 Å². The van der Waals surface area contributed by atoms with Crippen molar-refractivity contribution in [1.82, 2.24) is 4.90 Å². The van der Waals surface area contributed by atoms with Crippen molar-refractivity contribution in [2.45, 2.75) is 96.8 Å². The summed E-state index contributed by atoms with van der Waals surface area (Å²) in [5.74, 6) is 1.18. The molecule has 0 N–H and O–H groups in total. The second-order valence-electron chi connectivity index (χ2n) is 14.3. The molecule has 3 aromatic rings. The number of carbonyl (C=O) groups excluding carboxylic acids is 2. The molecule has 8 nitrogen and oxygen atoms in total. The maximum atomic E-state index is 14.2. The molecule has 0 radical (unpaired) electrons. The molecule has 0 aromatic heterocycles. The van der Waals surface area contributed by atoms with Gasteiger partial charge in [-0.15, -0.1) is 0 Å². The Morgan fingerprint density at radius 3 is 1.91 bits per heavy atom. The van der Waals surface area contributed by atoms with Crippen molar-refractivity contribution in [2.24, 2.45) is 0 Å². The van der Waals surface area contributed by atoms with Crippen LogP contribution in [0.15, 0.2) is 66.7 Å². The van der Waals surface area contributed by atoms with E-state index in [1.165, 1.54) is 0 Å². The van der Waals surface area contributed by atoms with Crippen LogP contribution in [-0.4, -0.2) is 51.1 Å². The van der Waals surface area contributed by atoms with Crippen molar-refractivity contribution < 1.29 is 33.0 Å². The van der Waals surface area contributed by atoms with E-state index in [1.54, 1.807) is 19.1 Å². The first kappa shape index (κ1) is 34.9. The maximum absolute atomic E-state index is 14.2. The highest BCUT2D eigenvalue weighted by Crippen LogP contribution is 2.47. The first-order valence-electron chi connectivity index (χ1n) is 15.7. The number of benzene rings is 3. The van der Waals surface area contributed by atoms with Crippen LogP contribution >= 0.6 is 0 Å². The van der Waals surface area contributed by atoms with Gasteiger partial charge in [-0.25, -0.2) is 9.59 Å². The van der Waals surface area contributed by atoms with Gasteiger partial charge in [0.15, 0.2) is 11.9 Å². The molecule has 0 unspecified atom stereocenters. The van der Waals surface area contributed by atoms with Crippen molar-refractivity contribution in [2.75, 3.05) is 14.2 Å². The average Bonchev–Trinajstić information content (AvgIpc) is 2.97. The molecule has 1 heterocycles. The number of ether oxygens (including phenoxy) is 4. The molecule has 0 aliphatic carbocycles. The van der Waals surface area contributed by atoms with E-state index in [9.17, 15) is 9.59 Å². The number of hydrogen-bond acceptors (Lipinski definition) is 7. The third kappa shape index (κ3) is 7.35. The Morgan fingerprint density at radius 2 is 1.41 bits per heavy atom. The Morgan fingerprint density at radius 1 is 0.870 bits per heavy atom. The van der Waals surface area contributed by atoms with Crippen molar-refractivity contribution >= 4 is 20.4 Å². The largest absolute Gasteiger partial charge is 0.541 e. The first-order valence-corrected chi connectivity index (χ1v) is 18.6. The molecule has 4 rings (SSSR count). The van der Waals surface area contributed by atoms with Gasteiger partial charge in [0.2, 0.25) is 0 Å². The molecule has 1 fully saturated rings. The summed E-state index contributed by atoms with van der Waals surface area (Å²) in [5.41, 5.74) is 2.23. The minimum atomic E-state index is -2.29. The predicted octanol–water partition coefficient (Wildman–Crippen LogP) is 8.58. The van der Waals surface area contributed by atoms with E-state index >= 15 is 0 Å². The number of methoxy groups -OCH3 is 2.